The van der Waals surface area contributed by atoms with E-state index in [1.807, 2.05) is 50.2 Å². The van der Waals surface area contributed by atoms with Crippen LogP contribution in [0.1, 0.15) is 49.2 Å². The fourth-order valence-electron chi connectivity index (χ4n) is 3.90. The number of para-hydroxylation sites is 1. The minimum atomic E-state index is -0.506. The van der Waals surface area contributed by atoms with Gasteiger partial charge in [-0.25, -0.2) is 9.78 Å². The molecule has 0 bridgehead atoms. The lowest BCUT2D eigenvalue weighted by Gasteiger charge is -2.12. The van der Waals surface area contributed by atoms with Gasteiger partial charge in [0.25, 0.3) is 5.91 Å². The van der Waals surface area contributed by atoms with Crippen LogP contribution in [0.5, 0.6) is 0 Å². The number of anilines is 1. The second kappa shape index (κ2) is 9.46. The van der Waals surface area contributed by atoms with Gasteiger partial charge in [0.2, 0.25) is 0 Å². The van der Waals surface area contributed by atoms with Crippen molar-refractivity contribution in [2.24, 2.45) is 0 Å². The van der Waals surface area contributed by atoms with E-state index in [0.717, 1.165) is 28.0 Å². The fourth-order valence-corrected chi connectivity index (χ4v) is 4.95. The SMILES string of the molecule is CCOC(=O)c1sc(NC(=O)c2cc(-c3ccc(C)cc3C)nc3ccccc23)c(C#N)c1C. The molecular weight excluding hydrogens is 446 g/mol. The zero-order valence-corrected chi connectivity index (χ0v) is 20.2. The summed E-state index contributed by atoms with van der Waals surface area (Å²) in [4.78, 5) is 30.9. The molecular formula is C27H23N3O3S. The average Bonchev–Trinajstić information content (AvgIpc) is 3.13. The Morgan fingerprint density at radius 2 is 1.88 bits per heavy atom. The minimum Gasteiger partial charge on any atom is -0.462 e. The third-order valence-corrected chi connectivity index (χ3v) is 6.75. The lowest BCUT2D eigenvalue weighted by Crippen LogP contribution is -2.13. The van der Waals surface area contributed by atoms with Crippen LogP contribution in [0.4, 0.5) is 5.00 Å². The Hall–Kier alpha value is -4.02. The van der Waals surface area contributed by atoms with Crippen molar-refractivity contribution in [1.82, 2.24) is 4.98 Å². The number of thiophene rings is 1. The van der Waals surface area contributed by atoms with E-state index in [1.54, 1.807) is 19.9 Å². The highest BCUT2D eigenvalue weighted by molar-refractivity contribution is 7.18. The molecule has 4 rings (SSSR count). The molecule has 0 aliphatic heterocycles. The number of nitriles is 1. The van der Waals surface area contributed by atoms with Crippen molar-refractivity contribution in [2.75, 3.05) is 11.9 Å². The number of ether oxygens (including phenoxy) is 1. The Morgan fingerprint density at radius 1 is 1.12 bits per heavy atom. The normalized spacial score (nSPS) is 10.7. The van der Waals surface area contributed by atoms with Crippen LogP contribution in [0.3, 0.4) is 0 Å². The molecule has 2 aromatic heterocycles. The molecule has 1 N–H and O–H groups in total. The number of carbonyl (C=O) groups is 2. The first kappa shape index (κ1) is 23.1. The molecule has 2 heterocycles. The van der Waals surface area contributed by atoms with Gasteiger partial charge in [0.1, 0.15) is 15.9 Å². The van der Waals surface area contributed by atoms with Gasteiger partial charge in [0.05, 0.1) is 28.9 Å². The number of esters is 1. The zero-order chi connectivity index (χ0) is 24.4. The summed E-state index contributed by atoms with van der Waals surface area (Å²) >= 11 is 1.05. The van der Waals surface area contributed by atoms with Crippen LogP contribution in [0, 0.1) is 32.1 Å². The Bertz CT molecular complexity index is 1480. The Balaban J connectivity index is 1.80. The maximum absolute atomic E-state index is 13.5. The van der Waals surface area contributed by atoms with Crippen molar-refractivity contribution in [3.63, 3.8) is 0 Å². The summed E-state index contributed by atoms with van der Waals surface area (Å²) in [5.41, 5.74) is 5.74. The molecule has 170 valence electrons. The van der Waals surface area contributed by atoms with Gasteiger partial charge < -0.3 is 10.1 Å². The lowest BCUT2D eigenvalue weighted by atomic mass is 9.99. The van der Waals surface area contributed by atoms with Gasteiger partial charge in [-0.15, -0.1) is 11.3 Å². The Morgan fingerprint density at radius 3 is 2.59 bits per heavy atom. The summed E-state index contributed by atoms with van der Waals surface area (Å²) in [7, 11) is 0. The van der Waals surface area contributed by atoms with Crippen molar-refractivity contribution >= 4 is 39.1 Å². The van der Waals surface area contributed by atoms with Gasteiger partial charge in [0.15, 0.2) is 0 Å². The predicted octanol–water partition coefficient (Wildman–Crippen LogP) is 6.19. The van der Waals surface area contributed by atoms with Crippen molar-refractivity contribution in [3.8, 4) is 17.3 Å². The standard InChI is InChI=1S/C27H23N3O3S/c1-5-33-27(32)24-17(4)21(14-28)26(34-24)30-25(31)20-13-23(18-11-10-15(2)12-16(18)3)29-22-9-7-6-8-19(20)22/h6-13H,5H2,1-4H3,(H,30,31). The number of aryl methyl sites for hydroxylation is 2. The summed E-state index contributed by atoms with van der Waals surface area (Å²) < 4.78 is 5.09. The van der Waals surface area contributed by atoms with Crippen LogP contribution < -0.4 is 5.32 Å². The molecule has 1 amide bonds. The Kier molecular flexibility index (Phi) is 6.44. The molecule has 0 radical (unpaired) electrons. The number of amides is 1. The van der Waals surface area contributed by atoms with Crippen LogP contribution in [0.25, 0.3) is 22.2 Å². The number of nitrogens with zero attached hydrogens (tertiary/aromatic N) is 2. The molecule has 0 saturated carbocycles. The lowest BCUT2D eigenvalue weighted by molar-refractivity contribution is 0.0531. The van der Waals surface area contributed by atoms with E-state index in [4.69, 9.17) is 9.72 Å². The molecule has 6 nitrogen and oxygen atoms in total. The number of pyridine rings is 1. The highest BCUT2D eigenvalue weighted by Crippen LogP contribution is 2.34. The number of nitrogens with one attached hydrogen (secondary N) is 1. The second-order valence-electron chi connectivity index (χ2n) is 7.94. The van der Waals surface area contributed by atoms with Crippen LogP contribution >= 0.6 is 11.3 Å². The van der Waals surface area contributed by atoms with Gasteiger partial charge in [-0.1, -0.05) is 42.0 Å². The molecule has 0 unspecified atom stereocenters. The molecule has 0 aliphatic carbocycles. The smallest absolute Gasteiger partial charge is 0.348 e. The number of fused-ring (bicyclic) bond motifs is 1. The van der Waals surface area contributed by atoms with Crippen molar-refractivity contribution in [3.05, 3.63) is 81.2 Å². The van der Waals surface area contributed by atoms with E-state index in [2.05, 4.69) is 17.5 Å². The molecule has 0 saturated heterocycles. The summed E-state index contributed by atoms with van der Waals surface area (Å²) in [6, 6.07) is 17.4. The average molecular weight is 470 g/mol. The maximum Gasteiger partial charge on any atom is 0.348 e. The quantitative estimate of drug-likeness (QED) is 0.352. The maximum atomic E-state index is 13.5. The molecule has 4 aromatic rings. The van der Waals surface area contributed by atoms with Crippen molar-refractivity contribution < 1.29 is 14.3 Å². The number of hydrogen-bond donors (Lipinski definition) is 1. The molecule has 2 aromatic carbocycles. The second-order valence-corrected chi connectivity index (χ2v) is 8.96. The van der Waals surface area contributed by atoms with Crippen LogP contribution in [0.15, 0.2) is 48.5 Å². The largest absolute Gasteiger partial charge is 0.462 e. The van der Waals surface area contributed by atoms with E-state index in [9.17, 15) is 14.9 Å². The van der Waals surface area contributed by atoms with E-state index in [1.165, 1.54) is 0 Å². The summed E-state index contributed by atoms with van der Waals surface area (Å²) in [5, 5.41) is 13.5. The molecule has 0 aliphatic rings. The van der Waals surface area contributed by atoms with Crippen LogP contribution in [-0.4, -0.2) is 23.5 Å². The van der Waals surface area contributed by atoms with Crippen LogP contribution in [-0.2, 0) is 4.74 Å². The monoisotopic (exact) mass is 469 g/mol. The number of aromatic nitrogens is 1. The van der Waals surface area contributed by atoms with Crippen molar-refractivity contribution in [1.29, 1.82) is 5.26 Å². The molecule has 0 spiro atoms. The predicted molar refractivity (Wildman–Crippen MR) is 134 cm³/mol. The first-order chi connectivity index (χ1) is 16.3. The molecule has 7 heteroatoms. The van der Waals surface area contributed by atoms with Gasteiger partial charge in [-0.2, -0.15) is 5.26 Å². The first-order valence-corrected chi connectivity index (χ1v) is 11.6. The van der Waals surface area contributed by atoms with Gasteiger partial charge >= 0.3 is 5.97 Å². The third-order valence-electron chi connectivity index (χ3n) is 5.57. The van der Waals surface area contributed by atoms with E-state index < -0.39 is 5.97 Å². The topological polar surface area (TPSA) is 92.1 Å². The fraction of sp³-hybridized carbons (Fsp3) is 0.185. The highest BCUT2D eigenvalue weighted by Gasteiger charge is 2.23. The number of carbonyl (C=O) groups excluding carboxylic acids is 2. The van der Waals surface area contributed by atoms with Gasteiger partial charge in [-0.05, 0) is 51.0 Å². The molecule has 0 atom stereocenters. The van der Waals surface area contributed by atoms with E-state index in [0.29, 0.717) is 37.6 Å². The van der Waals surface area contributed by atoms with Gasteiger partial charge in [-0.3, -0.25) is 4.79 Å². The summed E-state index contributed by atoms with van der Waals surface area (Å²) in [6.45, 7) is 7.67. The summed E-state index contributed by atoms with van der Waals surface area (Å²) in [6.07, 6.45) is 0. The summed E-state index contributed by atoms with van der Waals surface area (Å²) in [5.74, 6) is -0.883. The number of rotatable bonds is 5. The Labute approximate surface area is 201 Å². The highest BCUT2D eigenvalue weighted by atomic mass is 32.1. The van der Waals surface area contributed by atoms with Crippen LogP contribution in [0.2, 0.25) is 0 Å². The minimum absolute atomic E-state index is 0.226. The molecule has 34 heavy (non-hydrogen) atoms. The third kappa shape index (κ3) is 4.28. The van der Waals surface area contributed by atoms with E-state index >= 15 is 0 Å². The zero-order valence-electron chi connectivity index (χ0n) is 19.4. The first-order valence-electron chi connectivity index (χ1n) is 10.8. The van der Waals surface area contributed by atoms with Gasteiger partial charge in [0, 0.05) is 10.9 Å². The van der Waals surface area contributed by atoms with Crippen molar-refractivity contribution in [2.45, 2.75) is 27.7 Å². The number of benzene rings is 2. The van der Waals surface area contributed by atoms with E-state index in [-0.39, 0.29) is 18.1 Å². The number of hydrogen-bond acceptors (Lipinski definition) is 6. The molecule has 0 fully saturated rings.